The standard InChI is InChI=1S/C19H22N2O3S/c1-13-9-11-21(18-14(13)5-2-6-15(18)22)17(23)8-3-10-20-19(24)16-7-4-12-25-16/h2,4-7,12-13,22H,3,8-11H2,1H3,(H,20,24)/t13-/m1/s1. The Morgan fingerprint density at radius 2 is 2.16 bits per heavy atom. The molecule has 5 nitrogen and oxygen atoms in total. The molecule has 0 saturated carbocycles. The van der Waals surface area contributed by atoms with Gasteiger partial charge in [0.05, 0.1) is 10.6 Å². The molecule has 0 bridgehead atoms. The maximum atomic E-state index is 12.6. The van der Waals surface area contributed by atoms with Gasteiger partial charge in [-0.1, -0.05) is 25.1 Å². The predicted molar refractivity (Wildman–Crippen MR) is 99.4 cm³/mol. The molecule has 1 aliphatic rings. The molecule has 25 heavy (non-hydrogen) atoms. The second-order valence-corrected chi connectivity index (χ2v) is 7.23. The van der Waals surface area contributed by atoms with Gasteiger partial charge in [0.15, 0.2) is 0 Å². The molecule has 0 unspecified atom stereocenters. The van der Waals surface area contributed by atoms with Crippen molar-refractivity contribution < 1.29 is 14.7 Å². The zero-order valence-electron chi connectivity index (χ0n) is 14.2. The number of thiophene rings is 1. The molecule has 132 valence electrons. The molecule has 1 aromatic heterocycles. The minimum absolute atomic E-state index is 0.0139. The Morgan fingerprint density at radius 1 is 1.32 bits per heavy atom. The number of benzene rings is 1. The lowest BCUT2D eigenvalue weighted by Gasteiger charge is -2.33. The number of nitrogens with one attached hydrogen (secondary N) is 1. The van der Waals surface area contributed by atoms with E-state index in [9.17, 15) is 14.7 Å². The number of fused-ring (bicyclic) bond motifs is 1. The van der Waals surface area contributed by atoms with E-state index in [1.807, 2.05) is 23.6 Å². The van der Waals surface area contributed by atoms with Crippen LogP contribution in [0.5, 0.6) is 5.75 Å². The molecule has 0 radical (unpaired) electrons. The molecule has 2 N–H and O–H groups in total. The van der Waals surface area contributed by atoms with E-state index in [2.05, 4.69) is 12.2 Å². The first kappa shape index (κ1) is 17.5. The average molecular weight is 358 g/mol. The van der Waals surface area contributed by atoms with Crippen LogP contribution in [0.25, 0.3) is 0 Å². The van der Waals surface area contributed by atoms with Gasteiger partial charge in [0.25, 0.3) is 5.91 Å². The highest BCUT2D eigenvalue weighted by molar-refractivity contribution is 7.12. The van der Waals surface area contributed by atoms with Gasteiger partial charge in [-0.3, -0.25) is 9.59 Å². The first-order chi connectivity index (χ1) is 12.1. The van der Waals surface area contributed by atoms with Crippen molar-refractivity contribution in [2.24, 2.45) is 0 Å². The molecule has 0 saturated heterocycles. The Balaban J connectivity index is 1.56. The average Bonchev–Trinajstić information content (AvgIpc) is 3.14. The molecule has 1 aliphatic heterocycles. The fourth-order valence-corrected chi connectivity index (χ4v) is 3.79. The van der Waals surface area contributed by atoms with E-state index in [-0.39, 0.29) is 17.6 Å². The van der Waals surface area contributed by atoms with Crippen molar-refractivity contribution in [1.82, 2.24) is 5.32 Å². The van der Waals surface area contributed by atoms with Crippen molar-refractivity contribution in [2.45, 2.75) is 32.1 Å². The first-order valence-electron chi connectivity index (χ1n) is 8.52. The molecule has 2 heterocycles. The van der Waals surface area contributed by atoms with Gasteiger partial charge in [0.2, 0.25) is 5.91 Å². The summed E-state index contributed by atoms with van der Waals surface area (Å²) in [6.45, 7) is 3.19. The van der Waals surface area contributed by atoms with Crippen molar-refractivity contribution >= 4 is 28.8 Å². The van der Waals surface area contributed by atoms with Gasteiger partial charge in [-0.05, 0) is 41.8 Å². The minimum Gasteiger partial charge on any atom is -0.506 e. The Bertz CT molecular complexity index is 758. The highest BCUT2D eigenvalue weighted by atomic mass is 32.1. The van der Waals surface area contributed by atoms with E-state index in [1.54, 1.807) is 17.0 Å². The number of carbonyl (C=O) groups is 2. The van der Waals surface area contributed by atoms with Gasteiger partial charge in [-0.15, -0.1) is 11.3 Å². The molecule has 0 fully saturated rings. The smallest absolute Gasteiger partial charge is 0.261 e. The number of phenolic OH excluding ortho intramolecular Hbond substituents is 1. The highest BCUT2D eigenvalue weighted by Crippen LogP contribution is 2.41. The fourth-order valence-electron chi connectivity index (χ4n) is 3.15. The van der Waals surface area contributed by atoms with Crippen LogP contribution in [0.2, 0.25) is 0 Å². The van der Waals surface area contributed by atoms with Crippen LogP contribution >= 0.6 is 11.3 Å². The second kappa shape index (κ2) is 7.70. The number of carbonyl (C=O) groups excluding carboxylic acids is 2. The van der Waals surface area contributed by atoms with Gasteiger partial charge in [0, 0.05) is 19.5 Å². The van der Waals surface area contributed by atoms with Crippen LogP contribution in [-0.4, -0.2) is 30.0 Å². The van der Waals surface area contributed by atoms with Crippen LogP contribution in [0.3, 0.4) is 0 Å². The van der Waals surface area contributed by atoms with Crippen molar-refractivity contribution in [2.75, 3.05) is 18.0 Å². The summed E-state index contributed by atoms with van der Waals surface area (Å²) in [4.78, 5) is 26.8. The summed E-state index contributed by atoms with van der Waals surface area (Å²) in [7, 11) is 0. The van der Waals surface area contributed by atoms with Gasteiger partial charge in [0.1, 0.15) is 5.75 Å². The van der Waals surface area contributed by atoms with Crippen LogP contribution in [0.4, 0.5) is 5.69 Å². The Morgan fingerprint density at radius 3 is 2.92 bits per heavy atom. The van der Waals surface area contributed by atoms with Gasteiger partial charge in [-0.25, -0.2) is 0 Å². The molecule has 1 aromatic carbocycles. The molecule has 0 aliphatic carbocycles. The third-order valence-corrected chi connectivity index (χ3v) is 5.40. The number of nitrogens with zero attached hydrogens (tertiary/aromatic N) is 1. The summed E-state index contributed by atoms with van der Waals surface area (Å²) in [5.41, 5.74) is 1.67. The first-order valence-corrected chi connectivity index (χ1v) is 9.40. The number of amides is 2. The highest BCUT2D eigenvalue weighted by Gasteiger charge is 2.28. The molecule has 3 rings (SSSR count). The molecule has 2 aromatic rings. The third kappa shape index (κ3) is 3.85. The molecule has 1 atom stereocenters. The van der Waals surface area contributed by atoms with Crippen LogP contribution in [0.1, 0.15) is 47.3 Å². The number of aromatic hydroxyl groups is 1. The van der Waals surface area contributed by atoms with Crippen molar-refractivity contribution in [1.29, 1.82) is 0 Å². The second-order valence-electron chi connectivity index (χ2n) is 6.29. The van der Waals surface area contributed by atoms with Crippen molar-refractivity contribution in [3.05, 3.63) is 46.2 Å². The predicted octanol–water partition coefficient (Wildman–Crippen LogP) is 3.50. The van der Waals surface area contributed by atoms with Crippen LogP contribution in [-0.2, 0) is 4.79 Å². The van der Waals surface area contributed by atoms with E-state index in [4.69, 9.17) is 0 Å². The summed E-state index contributed by atoms with van der Waals surface area (Å²) >= 11 is 1.40. The van der Waals surface area contributed by atoms with E-state index >= 15 is 0 Å². The fraction of sp³-hybridized carbons (Fsp3) is 0.368. The summed E-state index contributed by atoms with van der Waals surface area (Å²) in [6, 6.07) is 9.03. The zero-order valence-corrected chi connectivity index (χ0v) is 15.0. The van der Waals surface area contributed by atoms with E-state index in [0.29, 0.717) is 42.4 Å². The number of hydrogen-bond acceptors (Lipinski definition) is 4. The van der Waals surface area contributed by atoms with E-state index < -0.39 is 0 Å². The summed E-state index contributed by atoms with van der Waals surface area (Å²) in [5, 5.41) is 14.9. The number of para-hydroxylation sites is 1. The minimum atomic E-state index is -0.0998. The Hall–Kier alpha value is -2.34. The lowest BCUT2D eigenvalue weighted by atomic mass is 9.91. The SMILES string of the molecule is C[C@@H]1CCN(C(=O)CCCNC(=O)c2cccs2)c2c(O)cccc21. The van der Waals surface area contributed by atoms with Gasteiger partial charge >= 0.3 is 0 Å². The zero-order chi connectivity index (χ0) is 17.8. The maximum absolute atomic E-state index is 12.6. The normalized spacial score (nSPS) is 16.4. The number of hydrogen-bond donors (Lipinski definition) is 2. The molecular weight excluding hydrogens is 336 g/mol. The number of anilines is 1. The maximum Gasteiger partial charge on any atom is 0.261 e. The quantitative estimate of drug-likeness (QED) is 0.804. The molecule has 2 amide bonds. The van der Waals surface area contributed by atoms with Crippen LogP contribution in [0, 0.1) is 0 Å². The lowest BCUT2D eigenvalue weighted by Crippen LogP contribution is -2.36. The van der Waals surface area contributed by atoms with Crippen molar-refractivity contribution in [3.63, 3.8) is 0 Å². The largest absolute Gasteiger partial charge is 0.506 e. The van der Waals surface area contributed by atoms with E-state index in [1.165, 1.54) is 11.3 Å². The summed E-state index contributed by atoms with van der Waals surface area (Å²) in [5.74, 6) is 0.372. The molecule has 6 heteroatoms. The van der Waals surface area contributed by atoms with Crippen molar-refractivity contribution in [3.8, 4) is 5.75 Å². The van der Waals surface area contributed by atoms with Gasteiger partial charge < -0.3 is 15.3 Å². The summed E-state index contributed by atoms with van der Waals surface area (Å²) < 4.78 is 0. The lowest BCUT2D eigenvalue weighted by molar-refractivity contribution is -0.118. The monoisotopic (exact) mass is 358 g/mol. The molecule has 0 spiro atoms. The Labute approximate surface area is 151 Å². The number of phenols is 1. The third-order valence-electron chi connectivity index (χ3n) is 4.53. The molecular formula is C19H22N2O3S. The van der Waals surface area contributed by atoms with Crippen LogP contribution in [0.15, 0.2) is 35.7 Å². The topological polar surface area (TPSA) is 69.6 Å². The number of rotatable bonds is 5. The summed E-state index contributed by atoms with van der Waals surface area (Å²) in [6.07, 6.45) is 1.80. The van der Waals surface area contributed by atoms with E-state index in [0.717, 1.165) is 12.0 Å². The Kier molecular flexibility index (Phi) is 5.38. The van der Waals surface area contributed by atoms with Gasteiger partial charge in [-0.2, -0.15) is 0 Å². The van der Waals surface area contributed by atoms with Crippen LogP contribution < -0.4 is 10.2 Å².